The summed E-state index contributed by atoms with van der Waals surface area (Å²) in [5.41, 5.74) is -2.97. The average Bonchev–Trinajstić information content (AvgIpc) is 4.07. The number of anilines is 1. The lowest BCUT2D eigenvalue weighted by atomic mass is 9.72. The standard InChI is InChI=1S/C51H55N7O18/c1-24-47-29(57-15-16-73-49(72-3)48(57)76-47)17-38(74-24)75-31-19-51(70,18-28-40(31)46(68)42-41(44(28)66)43(65)27-5-4-6-30(71-2)39(27)45(42)67)50(69)55-20-25-7-9-26(10-8-25)56-35(62)23-54-34(61)22-53-33(60)21-52-32(59)13-14-58-36(63)11-12-37(58)64/h4-12,24,29,31,38,47-49,66,68,70H,13-23H2,1-3H3,(H,52,59)(H,53,60)(H,54,61)(H,55,69)(H,56,62)/t24-,29?,31-,38-,47+,48+,49?,51-/m0/s1. The quantitative estimate of drug-likeness (QED) is 0.0468. The maximum atomic E-state index is 14.3. The number of hydrogen-bond acceptors (Lipinski definition) is 19. The smallest absolute Gasteiger partial charge is 0.253 e. The number of nitrogens with one attached hydrogen (secondary N) is 5. The molecule has 76 heavy (non-hydrogen) atoms. The Morgan fingerprint density at radius 3 is 2.16 bits per heavy atom. The number of carbonyl (C=O) groups excluding carboxylic acids is 9. The van der Waals surface area contributed by atoms with Gasteiger partial charge in [-0.2, -0.15) is 0 Å². The first-order valence-corrected chi connectivity index (χ1v) is 24.4. The number of phenols is 2. The van der Waals surface area contributed by atoms with E-state index in [9.17, 15) is 58.5 Å². The molecule has 8 N–H and O–H groups in total. The number of phenolic OH excluding ortho intramolecular Hbond substituents is 2. The largest absolute Gasteiger partial charge is 0.507 e. The van der Waals surface area contributed by atoms with E-state index in [0.29, 0.717) is 24.4 Å². The maximum absolute atomic E-state index is 14.3. The van der Waals surface area contributed by atoms with Gasteiger partial charge >= 0.3 is 0 Å². The molecule has 3 aromatic rings. The van der Waals surface area contributed by atoms with Gasteiger partial charge in [-0.05, 0) is 30.7 Å². The fourth-order valence-electron chi connectivity index (χ4n) is 10.4. The summed E-state index contributed by atoms with van der Waals surface area (Å²) in [4.78, 5) is 118. The molecule has 0 radical (unpaired) electrons. The summed E-state index contributed by atoms with van der Waals surface area (Å²) in [6.07, 6.45) is -3.50. The van der Waals surface area contributed by atoms with E-state index in [4.69, 9.17) is 28.4 Å². The molecule has 6 aliphatic rings. The summed E-state index contributed by atoms with van der Waals surface area (Å²) in [5.74, 6) is -7.51. The predicted molar refractivity (Wildman–Crippen MR) is 258 cm³/mol. The molecule has 25 heteroatoms. The Morgan fingerprint density at radius 1 is 0.803 bits per heavy atom. The van der Waals surface area contributed by atoms with Crippen molar-refractivity contribution in [1.29, 1.82) is 0 Å². The van der Waals surface area contributed by atoms with Crippen LogP contribution in [0, 0.1) is 0 Å². The summed E-state index contributed by atoms with van der Waals surface area (Å²) >= 11 is 0. The topological polar surface area (TPSA) is 336 Å². The molecule has 0 aromatic heterocycles. The van der Waals surface area contributed by atoms with Gasteiger partial charge < -0.3 is 70.3 Å². The third-order valence-corrected chi connectivity index (χ3v) is 14.1. The first-order chi connectivity index (χ1) is 36.4. The summed E-state index contributed by atoms with van der Waals surface area (Å²) in [6, 6.07) is 10.3. The van der Waals surface area contributed by atoms with E-state index in [1.807, 2.05) is 0 Å². The van der Waals surface area contributed by atoms with Gasteiger partial charge in [0.05, 0.1) is 62.2 Å². The number of fused-ring (bicyclic) bond motifs is 6. The van der Waals surface area contributed by atoms with Gasteiger partial charge in [0, 0.05) is 93.0 Å². The highest BCUT2D eigenvalue weighted by atomic mass is 16.7. The van der Waals surface area contributed by atoms with Gasteiger partial charge in [-0.3, -0.25) is 53.0 Å². The molecule has 402 valence electrons. The SMILES string of the molecule is COc1cccc2c1C(=O)c1c(O)c3c(c(O)c1C2=O)C[C@@](O)(C(=O)NCc1ccc(NC(=O)CNC(=O)CNC(=O)CNC(=O)CCN2C(=O)C=CC2=O)cc1)C[C@@H]3O[C@H]1CC2[C@H](O[C@@H]3C(OC)OCCN23)[C@H](C)O1. The Labute approximate surface area is 433 Å². The zero-order chi connectivity index (χ0) is 54.2. The van der Waals surface area contributed by atoms with E-state index < -0.39 is 151 Å². The fourth-order valence-corrected chi connectivity index (χ4v) is 10.4. The number of aromatic hydroxyl groups is 2. The van der Waals surface area contributed by atoms with Crippen LogP contribution in [-0.2, 0) is 70.2 Å². The van der Waals surface area contributed by atoms with Crippen molar-refractivity contribution < 1.29 is 86.9 Å². The second-order valence-electron chi connectivity index (χ2n) is 18.9. The van der Waals surface area contributed by atoms with E-state index in [1.165, 1.54) is 44.6 Å². The van der Waals surface area contributed by atoms with Crippen LogP contribution < -0.4 is 31.3 Å². The van der Waals surface area contributed by atoms with Gasteiger partial charge in [0.2, 0.25) is 29.4 Å². The Morgan fingerprint density at radius 2 is 1.47 bits per heavy atom. The van der Waals surface area contributed by atoms with Crippen molar-refractivity contribution in [2.24, 2.45) is 0 Å². The zero-order valence-electron chi connectivity index (χ0n) is 41.4. The lowest BCUT2D eigenvalue weighted by Crippen LogP contribution is -2.55. The Balaban J connectivity index is 0.831. The molecule has 2 aliphatic carbocycles. The summed E-state index contributed by atoms with van der Waals surface area (Å²) in [5, 5.41) is 48.8. The van der Waals surface area contributed by atoms with Gasteiger partial charge in [0.15, 0.2) is 24.6 Å². The highest BCUT2D eigenvalue weighted by Crippen LogP contribution is 2.53. The van der Waals surface area contributed by atoms with Gasteiger partial charge in [-0.1, -0.05) is 24.3 Å². The minimum Gasteiger partial charge on any atom is -0.507 e. The first kappa shape index (κ1) is 53.2. The zero-order valence-corrected chi connectivity index (χ0v) is 41.4. The number of morpholine rings is 1. The number of rotatable bonds is 17. The van der Waals surface area contributed by atoms with Gasteiger partial charge in [0.1, 0.15) is 29.0 Å². The molecule has 7 amide bonds. The molecule has 3 aromatic carbocycles. The molecule has 25 nitrogen and oxygen atoms in total. The van der Waals surface area contributed by atoms with E-state index in [2.05, 4.69) is 31.5 Å². The molecular weight excluding hydrogens is 999 g/mol. The summed E-state index contributed by atoms with van der Waals surface area (Å²) in [6.45, 7) is 0.946. The van der Waals surface area contributed by atoms with Gasteiger partial charge in [-0.15, -0.1) is 0 Å². The van der Waals surface area contributed by atoms with Crippen LogP contribution in [0.1, 0.15) is 80.8 Å². The van der Waals surface area contributed by atoms with E-state index in [-0.39, 0.29) is 60.0 Å². The Bertz CT molecular complexity index is 2910. The minimum atomic E-state index is -2.34. The van der Waals surface area contributed by atoms with Gasteiger partial charge in [-0.25, -0.2) is 0 Å². The third-order valence-electron chi connectivity index (χ3n) is 14.1. The van der Waals surface area contributed by atoms with E-state index in [0.717, 1.165) is 17.1 Å². The molecule has 8 atom stereocenters. The number of nitrogens with zero attached hydrogens (tertiary/aromatic N) is 2. The highest BCUT2D eigenvalue weighted by molar-refractivity contribution is 6.31. The fraction of sp³-hybridized carbons (Fsp3) is 0.431. The number of imide groups is 1. The summed E-state index contributed by atoms with van der Waals surface area (Å²) in [7, 11) is 2.84. The van der Waals surface area contributed by atoms with Crippen LogP contribution in [0.25, 0.3) is 0 Å². The van der Waals surface area contributed by atoms with Crippen LogP contribution in [0.2, 0.25) is 0 Å². The monoisotopic (exact) mass is 1050 g/mol. The second kappa shape index (κ2) is 21.9. The molecule has 0 bridgehead atoms. The lowest BCUT2D eigenvalue weighted by Gasteiger charge is -2.43. The van der Waals surface area contributed by atoms with E-state index in [1.54, 1.807) is 19.1 Å². The maximum Gasteiger partial charge on any atom is 0.253 e. The first-order valence-electron chi connectivity index (χ1n) is 24.4. The summed E-state index contributed by atoms with van der Waals surface area (Å²) < 4.78 is 36.0. The second-order valence-corrected chi connectivity index (χ2v) is 18.9. The van der Waals surface area contributed by atoms with Crippen molar-refractivity contribution in [1.82, 2.24) is 31.1 Å². The number of ether oxygens (including phenoxy) is 6. The van der Waals surface area contributed by atoms with Crippen LogP contribution in [0.5, 0.6) is 17.2 Å². The predicted octanol–water partition coefficient (Wildman–Crippen LogP) is -0.931. The number of benzene rings is 3. The minimum absolute atomic E-state index is 0.0725. The molecule has 2 unspecified atom stereocenters. The number of ketones is 2. The van der Waals surface area contributed by atoms with E-state index >= 15 is 0 Å². The number of carbonyl (C=O) groups is 9. The number of methoxy groups -OCH3 is 2. The number of aliphatic hydroxyl groups is 1. The molecule has 9 rings (SSSR count). The molecule has 0 spiro atoms. The van der Waals surface area contributed by atoms with Crippen LogP contribution in [-0.4, -0.2) is 174 Å². The van der Waals surface area contributed by atoms with Crippen LogP contribution >= 0.6 is 0 Å². The molecule has 4 aliphatic heterocycles. The molecule has 3 saturated heterocycles. The molecule has 4 heterocycles. The molecule has 0 saturated carbocycles. The van der Waals surface area contributed by atoms with Crippen molar-refractivity contribution in [2.45, 2.75) is 87.9 Å². The van der Waals surface area contributed by atoms with Crippen molar-refractivity contribution in [3.8, 4) is 17.2 Å². The normalized spacial score (nSPS) is 25.4. The third kappa shape index (κ3) is 10.5. The van der Waals surface area contributed by atoms with Crippen molar-refractivity contribution in [3.63, 3.8) is 0 Å². The van der Waals surface area contributed by atoms with Crippen molar-refractivity contribution >= 4 is 58.6 Å². The van der Waals surface area contributed by atoms with Crippen LogP contribution in [0.4, 0.5) is 5.69 Å². The van der Waals surface area contributed by atoms with Crippen molar-refractivity contribution in [2.75, 3.05) is 58.9 Å². The Kier molecular flexibility index (Phi) is 15.3. The average molecular weight is 1050 g/mol. The lowest BCUT2D eigenvalue weighted by molar-refractivity contribution is -0.256. The van der Waals surface area contributed by atoms with Crippen LogP contribution in [0.3, 0.4) is 0 Å². The van der Waals surface area contributed by atoms with Crippen LogP contribution in [0.15, 0.2) is 54.6 Å². The van der Waals surface area contributed by atoms with Crippen molar-refractivity contribution in [3.05, 3.63) is 93.6 Å². The highest BCUT2D eigenvalue weighted by Gasteiger charge is 2.55. The Hall–Kier alpha value is -7.65. The molecule has 3 fully saturated rings. The van der Waals surface area contributed by atoms with Gasteiger partial charge in [0.25, 0.3) is 17.7 Å². The molecular formula is C51H55N7O18. The number of hydrogen-bond donors (Lipinski definition) is 8. The number of amides is 7.